The highest BCUT2D eigenvalue weighted by atomic mass is 16.5. The van der Waals surface area contributed by atoms with Gasteiger partial charge in [-0.15, -0.1) is 0 Å². The zero-order chi connectivity index (χ0) is 15.3. The van der Waals surface area contributed by atoms with Crippen LogP contribution in [0.2, 0.25) is 0 Å². The molecule has 0 spiro atoms. The third-order valence-electron chi connectivity index (χ3n) is 4.78. The van der Waals surface area contributed by atoms with Crippen molar-refractivity contribution in [1.82, 2.24) is 10.6 Å². The largest absolute Gasteiger partial charge is 0.378 e. The quantitative estimate of drug-likeness (QED) is 0.719. The SMILES string of the molecule is CCOC1CC(NC(CC(C)C)C(=O)NC)C1(C)CC. The van der Waals surface area contributed by atoms with Crippen molar-refractivity contribution in [2.45, 2.75) is 72.1 Å². The highest BCUT2D eigenvalue weighted by Gasteiger charge is 2.51. The zero-order valence-corrected chi connectivity index (χ0v) is 14.0. The van der Waals surface area contributed by atoms with Crippen molar-refractivity contribution >= 4 is 5.91 Å². The van der Waals surface area contributed by atoms with E-state index in [1.807, 2.05) is 6.92 Å². The average molecular weight is 284 g/mol. The molecule has 0 heterocycles. The van der Waals surface area contributed by atoms with E-state index in [1.54, 1.807) is 7.05 Å². The molecule has 118 valence electrons. The standard InChI is InChI=1S/C16H32N2O2/c1-7-16(5)13(10-14(16)20-8-2)18-12(9-11(3)4)15(19)17-6/h11-14,18H,7-10H2,1-6H3,(H,17,19). The van der Waals surface area contributed by atoms with E-state index in [2.05, 4.69) is 38.3 Å². The summed E-state index contributed by atoms with van der Waals surface area (Å²) in [6.07, 6.45) is 3.26. The summed E-state index contributed by atoms with van der Waals surface area (Å²) in [7, 11) is 1.71. The lowest BCUT2D eigenvalue weighted by molar-refractivity contribution is -0.136. The number of hydrogen-bond acceptors (Lipinski definition) is 3. The molecular weight excluding hydrogens is 252 g/mol. The summed E-state index contributed by atoms with van der Waals surface area (Å²) in [5.74, 6) is 0.595. The van der Waals surface area contributed by atoms with Gasteiger partial charge in [0.25, 0.3) is 0 Å². The lowest BCUT2D eigenvalue weighted by Gasteiger charge is -2.54. The minimum Gasteiger partial charge on any atom is -0.378 e. The Kier molecular flexibility index (Phi) is 6.46. The highest BCUT2D eigenvalue weighted by Crippen LogP contribution is 2.46. The summed E-state index contributed by atoms with van der Waals surface area (Å²) in [5, 5.41) is 6.35. The molecule has 1 aliphatic rings. The number of carbonyl (C=O) groups is 1. The van der Waals surface area contributed by atoms with Gasteiger partial charge < -0.3 is 15.4 Å². The Labute approximate surface area is 124 Å². The Balaban J connectivity index is 2.67. The summed E-state index contributed by atoms with van der Waals surface area (Å²) in [4.78, 5) is 12.0. The molecule has 0 saturated heterocycles. The van der Waals surface area contributed by atoms with Gasteiger partial charge in [-0.05, 0) is 32.1 Å². The summed E-state index contributed by atoms with van der Waals surface area (Å²) >= 11 is 0. The minimum atomic E-state index is -0.0987. The van der Waals surface area contributed by atoms with E-state index in [1.165, 1.54) is 0 Å². The molecule has 1 rings (SSSR count). The van der Waals surface area contributed by atoms with E-state index >= 15 is 0 Å². The maximum atomic E-state index is 12.0. The minimum absolute atomic E-state index is 0.0945. The van der Waals surface area contributed by atoms with Crippen molar-refractivity contribution < 1.29 is 9.53 Å². The van der Waals surface area contributed by atoms with E-state index in [0.717, 1.165) is 25.9 Å². The molecule has 1 saturated carbocycles. The highest BCUT2D eigenvalue weighted by molar-refractivity contribution is 5.81. The topological polar surface area (TPSA) is 50.4 Å². The fraction of sp³-hybridized carbons (Fsp3) is 0.938. The summed E-state index contributed by atoms with van der Waals surface area (Å²) in [5.41, 5.74) is 0.138. The monoisotopic (exact) mass is 284 g/mol. The smallest absolute Gasteiger partial charge is 0.236 e. The first-order valence-corrected chi connectivity index (χ1v) is 7.98. The molecule has 1 amide bonds. The first kappa shape index (κ1) is 17.4. The van der Waals surface area contributed by atoms with Crippen LogP contribution in [0.4, 0.5) is 0 Å². The van der Waals surface area contributed by atoms with Gasteiger partial charge in [-0.25, -0.2) is 0 Å². The van der Waals surface area contributed by atoms with Gasteiger partial charge in [0.15, 0.2) is 0 Å². The lowest BCUT2D eigenvalue weighted by Crippen LogP contribution is -2.65. The van der Waals surface area contributed by atoms with E-state index < -0.39 is 0 Å². The summed E-state index contributed by atoms with van der Waals surface area (Å²) in [6, 6.07) is 0.267. The predicted molar refractivity (Wildman–Crippen MR) is 82.7 cm³/mol. The van der Waals surface area contributed by atoms with Crippen LogP contribution in [0.1, 0.15) is 53.9 Å². The van der Waals surface area contributed by atoms with Crippen molar-refractivity contribution in [2.24, 2.45) is 11.3 Å². The first-order valence-electron chi connectivity index (χ1n) is 7.98. The third-order valence-corrected chi connectivity index (χ3v) is 4.78. The molecule has 4 atom stereocenters. The van der Waals surface area contributed by atoms with E-state index in [9.17, 15) is 4.79 Å². The normalized spacial score (nSPS) is 30.9. The van der Waals surface area contributed by atoms with Crippen molar-refractivity contribution in [3.63, 3.8) is 0 Å². The Bertz CT molecular complexity index is 320. The molecule has 0 aliphatic heterocycles. The van der Waals surface area contributed by atoms with Gasteiger partial charge >= 0.3 is 0 Å². The van der Waals surface area contributed by atoms with Gasteiger partial charge in [0, 0.05) is 25.1 Å². The second-order valence-corrected chi connectivity index (χ2v) is 6.55. The van der Waals surface area contributed by atoms with Gasteiger partial charge in [-0.3, -0.25) is 4.79 Å². The zero-order valence-electron chi connectivity index (χ0n) is 14.0. The molecule has 4 unspecified atom stereocenters. The fourth-order valence-electron chi connectivity index (χ4n) is 3.15. The molecule has 0 aromatic heterocycles. The number of rotatable bonds is 8. The molecule has 2 N–H and O–H groups in total. The van der Waals surface area contributed by atoms with Gasteiger partial charge in [-0.1, -0.05) is 27.7 Å². The van der Waals surface area contributed by atoms with Crippen LogP contribution in [0.25, 0.3) is 0 Å². The molecule has 1 fully saturated rings. The molecule has 20 heavy (non-hydrogen) atoms. The van der Waals surface area contributed by atoms with Crippen molar-refractivity contribution in [3.05, 3.63) is 0 Å². The van der Waals surface area contributed by atoms with Gasteiger partial charge in [-0.2, -0.15) is 0 Å². The number of hydrogen-bond donors (Lipinski definition) is 2. The molecular formula is C16H32N2O2. The van der Waals surface area contributed by atoms with Crippen LogP contribution in [0.5, 0.6) is 0 Å². The number of nitrogens with one attached hydrogen (secondary N) is 2. The van der Waals surface area contributed by atoms with Gasteiger partial charge in [0.05, 0.1) is 12.1 Å². The second-order valence-electron chi connectivity index (χ2n) is 6.55. The van der Waals surface area contributed by atoms with Crippen LogP contribution in [0.3, 0.4) is 0 Å². The van der Waals surface area contributed by atoms with E-state index in [4.69, 9.17) is 4.74 Å². The Hall–Kier alpha value is -0.610. The van der Waals surface area contributed by atoms with Gasteiger partial charge in [0.1, 0.15) is 0 Å². The van der Waals surface area contributed by atoms with E-state index in [0.29, 0.717) is 18.1 Å². The van der Waals surface area contributed by atoms with Crippen LogP contribution in [-0.2, 0) is 9.53 Å². The maximum absolute atomic E-state index is 12.0. The second kappa shape index (κ2) is 7.41. The molecule has 0 aromatic rings. The molecule has 1 aliphatic carbocycles. The van der Waals surface area contributed by atoms with Crippen LogP contribution < -0.4 is 10.6 Å². The summed E-state index contributed by atoms with van der Waals surface area (Å²) < 4.78 is 5.82. The Morgan fingerprint density at radius 2 is 2.05 bits per heavy atom. The Morgan fingerprint density at radius 1 is 1.40 bits per heavy atom. The Morgan fingerprint density at radius 3 is 2.50 bits per heavy atom. The van der Waals surface area contributed by atoms with Crippen molar-refractivity contribution in [3.8, 4) is 0 Å². The molecule has 0 radical (unpaired) electrons. The molecule has 4 nitrogen and oxygen atoms in total. The number of amides is 1. The number of likely N-dealkylation sites (N-methyl/N-ethyl adjacent to an activating group) is 1. The fourth-order valence-corrected chi connectivity index (χ4v) is 3.15. The molecule has 0 aromatic carbocycles. The van der Waals surface area contributed by atoms with Crippen molar-refractivity contribution in [2.75, 3.05) is 13.7 Å². The number of ether oxygens (including phenoxy) is 1. The van der Waals surface area contributed by atoms with Crippen LogP contribution >= 0.6 is 0 Å². The van der Waals surface area contributed by atoms with Crippen LogP contribution in [-0.4, -0.2) is 37.7 Å². The first-order chi connectivity index (χ1) is 9.38. The predicted octanol–water partition coefficient (Wildman–Crippen LogP) is 2.33. The lowest BCUT2D eigenvalue weighted by atomic mass is 9.61. The average Bonchev–Trinajstić information content (AvgIpc) is 2.42. The van der Waals surface area contributed by atoms with Crippen molar-refractivity contribution in [1.29, 1.82) is 0 Å². The molecule has 4 heteroatoms. The van der Waals surface area contributed by atoms with Crippen LogP contribution in [0, 0.1) is 11.3 Å². The summed E-state index contributed by atoms with van der Waals surface area (Å²) in [6.45, 7) is 11.6. The molecule has 0 bridgehead atoms. The third kappa shape index (κ3) is 3.73. The van der Waals surface area contributed by atoms with Gasteiger partial charge in [0.2, 0.25) is 5.91 Å². The van der Waals surface area contributed by atoms with E-state index in [-0.39, 0.29) is 17.4 Å². The number of carbonyl (C=O) groups excluding carboxylic acids is 1. The maximum Gasteiger partial charge on any atom is 0.236 e. The van der Waals surface area contributed by atoms with Crippen LogP contribution in [0.15, 0.2) is 0 Å².